The van der Waals surface area contributed by atoms with Gasteiger partial charge in [0.2, 0.25) is 0 Å². The van der Waals surface area contributed by atoms with Crippen LogP contribution in [0.4, 0.5) is 5.82 Å². The van der Waals surface area contributed by atoms with Gasteiger partial charge in [0, 0.05) is 51.6 Å². The monoisotopic (exact) mass is 536 g/mol. The summed E-state index contributed by atoms with van der Waals surface area (Å²) in [7, 11) is 2.25. The van der Waals surface area contributed by atoms with Crippen molar-refractivity contribution in [3.05, 3.63) is 86.1 Å². The Morgan fingerprint density at radius 2 is 1.75 bits per heavy atom. The van der Waals surface area contributed by atoms with E-state index in [1.165, 1.54) is 18.9 Å². The SMILES string of the molecule is CN1C2CCC13CC(Nc1cc4c(ccc(=O)n4-c4c(Cl)cccc4Cl)c(-c4ccccc4Cl)n1)C23. The fraction of sp³-hybridized carbons (Fsp3) is 0.286. The fourth-order valence-corrected chi connectivity index (χ4v) is 7.80. The van der Waals surface area contributed by atoms with Crippen LogP contribution in [-0.2, 0) is 0 Å². The van der Waals surface area contributed by atoms with Crippen LogP contribution in [0.25, 0.3) is 27.8 Å². The van der Waals surface area contributed by atoms with Crippen LogP contribution in [0.15, 0.2) is 65.5 Å². The molecule has 2 aromatic carbocycles. The Morgan fingerprint density at radius 1 is 1.00 bits per heavy atom. The number of nitrogens with one attached hydrogen (secondary N) is 1. The van der Waals surface area contributed by atoms with Crippen molar-refractivity contribution in [2.75, 3.05) is 12.4 Å². The zero-order valence-electron chi connectivity index (χ0n) is 19.5. The zero-order chi connectivity index (χ0) is 24.8. The molecule has 5 nitrogen and oxygen atoms in total. The topological polar surface area (TPSA) is 50.2 Å². The van der Waals surface area contributed by atoms with Gasteiger partial charge in [0.1, 0.15) is 5.82 Å². The van der Waals surface area contributed by atoms with Crippen LogP contribution in [0.3, 0.4) is 0 Å². The van der Waals surface area contributed by atoms with Gasteiger partial charge in [-0.2, -0.15) is 0 Å². The highest BCUT2D eigenvalue weighted by atomic mass is 35.5. The number of hydrogen-bond acceptors (Lipinski definition) is 4. The first-order valence-corrected chi connectivity index (χ1v) is 13.3. The van der Waals surface area contributed by atoms with Crippen LogP contribution in [0, 0.1) is 5.92 Å². The van der Waals surface area contributed by atoms with Crippen molar-refractivity contribution in [1.82, 2.24) is 14.5 Å². The molecule has 4 atom stereocenters. The third-order valence-corrected chi connectivity index (χ3v) is 9.57. The number of rotatable bonds is 4. The molecule has 2 saturated heterocycles. The minimum Gasteiger partial charge on any atom is -0.367 e. The van der Waals surface area contributed by atoms with E-state index in [4.69, 9.17) is 39.8 Å². The van der Waals surface area contributed by atoms with E-state index in [0.29, 0.717) is 61.3 Å². The maximum atomic E-state index is 13.3. The van der Waals surface area contributed by atoms with E-state index in [1.807, 2.05) is 30.3 Å². The molecule has 0 radical (unpaired) electrons. The lowest BCUT2D eigenvalue weighted by atomic mass is 9.56. The largest absolute Gasteiger partial charge is 0.367 e. The molecule has 8 heteroatoms. The van der Waals surface area contributed by atoms with Gasteiger partial charge in [0.15, 0.2) is 0 Å². The molecular weight excluding hydrogens is 515 g/mol. The quantitative estimate of drug-likeness (QED) is 0.316. The molecule has 0 amide bonds. The molecular formula is C28H23Cl3N4O. The number of piperidine rings is 1. The summed E-state index contributed by atoms with van der Waals surface area (Å²) in [5, 5.41) is 5.90. The lowest BCUT2D eigenvalue weighted by Gasteiger charge is -2.68. The summed E-state index contributed by atoms with van der Waals surface area (Å²) in [5.74, 6) is 1.36. The van der Waals surface area contributed by atoms with E-state index in [1.54, 1.807) is 28.8 Å². The van der Waals surface area contributed by atoms with Crippen molar-refractivity contribution in [3.8, 4) is 16.9 Å². The van der Waals surface area contributed by atoms with Crippen LogP contribution < -0.4 is 10.9 Å². The first-order valence-electron chi connectivity index (χ1n) is 12.1. The van der Waals surface area contributed by atoms with Gasteiger partial charge >= 0.3 is 0 Å². The second kappa shape index (κ2) is 7.96. The summed E-state index contributed by atoms with van der Waals surface area (Å²) < 4.78 is 1.58. The molecule has 1 N–H and O–H groups in total. The van der Waals surface area contributed by atoms with Crippen molar-refractivity contribution in [2.24, 2.45) is 5.92 Å². The van der Waals surface area contributed by atoms with E-state index < -0.39 is 0 Å². The number of benzene rings is 2. The van der Waals surface area contributed by atoms with Crippen molar-refractivity contribution in [1.29, 1.82) is 0 Å². The molecule has 2 aliphatic carbocycles. The van der Waals surface area contributed by atoms with Crippen molar-refractivity contribution in [2.45, 2.75) is 36.9 Å². The third kappa shape index (κ3) is 3.00. The van der Waals surface area contributed by atoms with Crippen LogP contribution >= 0.6 is 34.8 Å². The number of hydrogen-bond donors (Lipinski definition) is 1. The van der Waals surface area contributed by atoms with E-state index in [9.17, 15) is 4.79 Å². The molecule has 8 rings (SSSR count). The first-order chi connectivity index (χ1) is 17.4. The molecule has 36 heavy (non-hydrogen) atoms. The number of fused-ring (bicyclic) bond motifs is 2. The minimum atomic E-state index is -0.221. The highest BCUT2D eigenvalue weighted by Gasteiger charge is 2.72. The van der Waals surface area contributed by atoms with E-state index in [0.717, 1.165) is 17.4 Å². The second-order valence-electron chi connectivity index (χ2n) is 10.1. The summed E-state index contributed by atoms with van der Waals surface area (Å²) in [6.45, 7) is 0. The number of aromatic nitrogens is 2. The van der Waals surface area contributed by atoms with Crippen molar-refractivity contribution < 1.29 is 0 Å². The van der Waals surface area contributed by atoms with Gasteiger partial charge in [-0.05, 0) is 50.6 Å². The predicted molar refractivity (Wildman–Crippen MR) is 147 cm³/mol. The summed E-state index contributed by atoms with van der Waals surface area (Å²) in [6.07, 6.45) is 3.64. The lowest BCUT2D eigenvalue weighted by Crippen LogP contribution is -2.78. The molecule has 4 fully saturated rings. The van der Waals surface area contributed by atoms with Gasteiger partial charge in [0.05, 0.1) is 26.9 Å². The maximum Gasteiger partial charge on any atom is 0.255 e. The molecule has 4 aliphatic rings. The Kier molecular flexibility index (Phi) is 5.00. The highest BCUT2D eigenvalue weighted by Crippen LogP contribution is 2.65. The molecule has 182 valence electrons. The number of pyridine rings is 2. The van der Waals surface area contributed by atoms with Crippen molar-refractivity contribution in [3.63, 3.8) is 0 Å². The number of para-hydroxylation sites is 1. The molecule has 2 bridgehead atoms. The molecule has 2 saturated carbocycles. The van der Waals surface area contributed by atoms with Crippen LogP contribution in [0.2, 0.25) is 15.1 Å². The Bertz CT molecular complexity index is 1600. The summed E-state index contributed by atoms with van der Waals surface area (Å²) in [6, 6.07) is 19.1. The first kappa shape index (κ1) is 22.6. The van der Waals surface area contributed by atoms with Gasteiger partial charge in [-0.1, -0.05) is 59.1 Å². The normalized spacial score (nSPS) is 26.4. The summed E-state index contributed by atoms with van der Waals surface area (Å²) in [4.78, 5) is 20.9. The predicted octanol–water partition coefficient (Wildman–Crippen LogP) is 6.66. The van der Waals surface area contributed by atoms with E-state index in [-0.39, 0.29) is 5.56 Å². The summed E-state index contributed by atoms with van der Waals surface area (Å²) >= 11 is 19.8. The van der Waals surface area contributed by atoms with Crippen LogP contribution in [-0.4, -0.2) is 39.1 Å². The molecule has 4 heterocycles. The Labute approximate surface area is 223 Å². The van der Waals surface area contributed by atoms with Crippen LogP contribution in [0.1, 0.15) is 19.3 Å². The average molecular weight is 538 g/mol. The minimum absolute atomic E-state index is 0.221. The Hall–Kier alpha value is -2.57. The smallest absolute Gasteiger partial charge is 0.255 e. The molecule has 4 unspecified atom stereocenters. The van der Waals surface area contributed by atoms with E-state index >= 15 is 0 Å². The van der Waals surface area contributed by atoms with Crippen LogP contribution in [0.5, 0.6) is 0 Å². The fourth-order valence-electron chi connectivity index (χ4n) is 7.00. The molecule has 1 spiro atoms. The average Bonchev–Trinajstić information content (AvgIpc) is 3.35. The Morgan fingerprint density at radius 3 is 2.47 bits per heavy atom. The lowest BCUT2D eigenvalue weighted by molar-refractivity contribution is -0.146. The molecule has 2 aliphatic heterocycles. The number of anilines is 1. The van der Waals surface area contributed by atoms with Gasteiger partial charge in [0.25, 0.3) is 5.56 Å². The van der Waals surface area contributed by atoms with Gasteiger partial charge in [-0.25, -0.2) is 4.98 Å². The zero-order valence-corrected chi connectivity index (χ0v) is 21.8. The van der Waals surface area contributed by atoms with Crippen molar-refractivity contribution >= 4 is 51.5 Å². The number of halogens is 3. The summed E-state index contributed by atoms with van der Waals surface area (Å²) in [5.41, 5.74) is 2.78. The third-order valence-electron chi connectivity index (χ3n) is 8.63. The second-order valence-corrected chi connectivity index (χ2v) is 11.4. The maximum absolute atomic E-state index is 13.3. The molecule has 2 aromatic heterocycles. The molecule has 4 aromatic rings. The van der Waals surface area contributed by atoms with Gasteiger partial charge in [-0.15, -0.1) is 0 Å². The number of nitrogens with zero attached hydrogens (tertiary/aromatic N) is 3. The standard InChI is InChI=1S/C28H23Cl3N4O/c1-34-21-11-12-28(34)14-20(25(21)28)32-23-13-22-16(26(33-23)15-5-2-3-6-17(15)29)9-10-24(36)35(22)27-18(30)7-4-8-19(27)31/h2-10,13,20-21,25H,11-12,14H2,1H3,(H,32,33). The van der Waals surface area contributed by atoms with E-state index in [2.05, 4.69) is 17.3 Å². The van der Waals surface area contributed by atoms with Gasteiger partial charge < -0.3 is 5.32 Å². The highest BCUT2D eigenvalue weighted by molar-refractivity contribution is 6.38. The Balaban J connectivity index is 1.43. The van der Waals surface area contributed by atoms with Gasteiger partial charge in [-0.3, -0.25) is 14.3 Å².